The molecule has 1 atom stereocenters. The predicted octanol–water partition coefficient (Wildman–Crippen LogP) is 2.91. The molecular weight excluding hydrogens is 250 g/mol. The molecule has 0 fully saturated rings. The zero-order valence-electron chi connectivity index (χ0n) is 9.06. The van der Waals surface area contributed by atoms with E-state index in [1.54, 1.807) is 0 Å². The zero-order chi connectivity index (χ0) is 13.3. The van der Waals surface area contributed by atoms with E-state index in [1.807, 2.05) is 0 Å². The van der Waals surface area contributed by atoms with Gasteiger partial charge in [-0.25, -0.2) is 22.0 Å². The number of hydrogen-bond donors (Lipinski definition) is 0. The molecule has 18 heavy (non-hydrogen) atoms. The van der Waals surface area contributed by atoms with Gasteiger partial charge in [-0.05, 0) is 17.6 Å². The second kappa shape index (κ2) is 4.59. The summed E-state index contributed by atoms with van der Waals surface area (Å²) in [5.41, 5.74) is -2.87. The molecule has 0 bridgehead atoms. The summed E-state index contributed by atoms with van der Waals surface area (Å²) < 4.78 is 66.2. The molecule has 0 saturated carbocycles. The predicted molar refractivity (Wildman–Crippen MR) is 58.5 cm³/mol. The van der Waals surface area contributed by atoms with Crippen molar-refractivity contribution >= 4 is 12.7 Å². The van der Waals surface area contributed by atoms with E-state index in [-0.39, 0.29) is 0 Å². The zero-order valence-corrected chi connectivity index (χ0v) is 9.06. The molecule has 1 aliphatic carbocycles. The molecule has 1 aromatic rings. The van der Waals surface area contributed by atoms with E-state index in [2.05, 4.69) is 0 Å². The SMILES string of the molecule is FC1=CC=CC(F)([B]c2cc(F)cc(F)c2F)C1. The van der Waals surface area contributed by atoms with Crippen LogP contribution in [0.15, 0.2) is 36.2 Å². The van der Waals surface area contributed by atoms with Crippen molar-refractivity contribution in [2.45, 2.75) is 12.0 Å². The lowest BCUT2D eigenvalue weighted by Crippen LogP contribution is -2.39. The van der Waals surface area contributed by atoms with Gasteiger partial charge >= 0.3 is 0 Å². The Labute approximate surface area is 101 Å². The van der Waals surface area contributed by atoms with Crippen LogP contribution in [0.4, 0.5) is 22.0 Å². The van der Waals surface area contributed by atoms with Gasteiger partial charge in [0, 0.05) is 12.5 Å². The molecule has 0 heterocycles. The number of hydrogen-bond acceptors (Lipinski definition) is 0. The molecule has 6 heteroatoms. The maximum Gasteiger partial charge on any atom is 0.211 e. The Morgan fingerprint density at radius 3 is 2.50 bits per heavy atom. The fourth-order valence-corrected chi connectivity index (χ4v) is 1.73. The molecule has 2 rings (SSSR count). The second-order valence-electron chi connectivity index (χ2n) is 4.01. The van der Waals surface area contributed by atoms with E-state index >= 15 is 0 Å². The summed E-state index contributed by atoms with van der Waals surface area (Å²) >= 11 is 0. The van der Waals surface area contributed by atoms with Crippen molar-refractivity contribution in [2.24, 2.45) is 0 Å². The first-order valence-electron chi connectivity index (χ1n) is 5.13. The summed E-state index contributed by atoms with van der Waals surface area (Å²) in [5.74, 6) is -4.54. The van der Waals surface area contributed by atoms with Gasteiger partial charge in [0.15, 0.2) is 11.6 Å². The minimum absolute atomic E-state index is 0.356. The molecule has 1 radical (unpaired) electrons. The molecule has 1 unspecified atom stereocenters. The summed E-state index contributed by atoms with van der Waals surface area (Å²) in [7, 11) is 0.664. The fraction of sp³-hybridized carbons (Fsp3) is 0.167. The Kier molecular flexibility index (Phi) is 3.28. The molecule has 1 aromatic carbocycles. The summed E-state index contributed by atoms with van der Waals surface area (Å²) in [5, 5.41) is 0. The van der Waals surface area contributed by atoms with Crippen molar-refractivity contribution in [2.75, 3.05) is 0 Å². The van der Waals surface area contributed by atoms with Crippen LogP contribution in [0.3, 0.4) is 0 Å². The Morgan fingerprint density at radius 1 is 1.11 bits per heavy atom. The molecule has 0 nitrogen and oxygen atoms in total. The Morgan fingerprint density at radius 2 is 1.83 bits per heavy atom. The lowest BCUT2D eigenvalue weighted by molar-refractivity contribution is 0.316. The van der Waals surface area contributed by atoms with Crippen LogP contribution in [0.25, 0.3) is 0 Å². The molecule has 0 aromatic heterocycles. The molecule has 0 amide bonds. The molecule has 0 saturated heterocycles. The summed E-state index contributed by atoms with van der Waals surface area (Å²) in [4.78, 5) is 0. The summed E-state index contributed by atoms with van der Waals surface area (Å²) in [6.45, 7) is 0. The van der Waals surface area contributed by atoms with Crippen LogP contribution in [0.5, 0.6) is 0 Å². The van der Waals surface area contributed by atoms with E-state index < -0.39 is 40.7 Å². The van der Waals surface area contributed by atoms with E-state index in [0.29, 0.717) is 19.4 Å². The van der Waals surface area contributed by atoms with Crippen molar-refractivity contribution in [1.29, 1.82) is 0 Å². The fourth-order valence-electron chi connectivity index (χ4n) is 1.73. The molecule has 0 N–H and O–H groups in total. The van der Waals surface area contributed by atoms with Gasteiger partial charge in [0.05, 0.1) is 0 Å². The van der Waals surface area contributed by atoms with Crippen molar-refractivity contribution in [3.8, 4) is 0 Å². The van der Waals surface area contributed by atoms with Crippen molar-refractivity contribution < 1.29 is 22.0 Å². The minimum atomic E-state index is -2.29. The van der Waals surface area contributed by atoms with Gasteiger partial charge in [0.2, 0.25) is 7.28 Å². The largest absolute Gasteiger partial charge is 0.249 e. The topological polar surface area (TPSA) is 0 Å². The monoisotopic (exact) mass is 257 g/mol. The third-order valence-electron chi connectivity index (χ3n) is 2.51. The average Bonchev–Trinajstić information content (AvgIpc) is 2.24. The van der Waals surface area contributed by atoms with Crippen LogP contribution in [0, 0.1) is 17.5 Å². The lowest BCUT2D eigenvalue weighted by atomic mass is 9.54. The number of benzene rings is 1. The van der Waals surface area contributed by atoms with Crippen molar-refractivity contribution in [3.05, 3.63) is 53.6 Å². The molecule has 93 valence electrons. The van der Waals surface area contributed by atoms with Gasteiger partial charge in [-0.2, -0.15) is 0 Å². The van der Waals surface area contributed by atoms with Gasteiger partial charge in [-0.15, -0.1) is 0 Å². The molecule has 1 aliphatic rings. The average molecular weight is 257 g/mol. The smallest absolute Gasteiger partial charge is 0.211 e. The van der Waals surface area contributed by atoms with Crippen molar-refractivity contribution in [1.82, 2.24) is 0 Å². The van der Waals surface area contributed by atoms with Crippen LogP contribution in [0.2, 0.25) is 0 Å². The van der Waals surface area contributed by atoms with Crippen LogP contribution in [0.1, 0.15) is 6.42 Å². The number of allylic oxidation sites excluding steroid dienone is 4. The Bertz CT molecular complexity index is 538. The first-order chi connectivity index (χ1) is 8.39. The normalized spacial score (nSPS) is 22.8. The van der Waals surface area contributed by atoms with Gasteiger partial charge < -0.3 is 0 Å². The Balaban J connectivity index is 2.30. The quantitative estimate of drug-likeness (QED) is 0.434. The summed E-state index contributed by atoms with van der Waals surface area (Å²) in [6.07, 6.45) is 2.57. The molecule has 0 aliphatic heterocycles. The number of rotatable bonds is 2. The van der Waals surface area contributed by atoms with E-state index in [4.69, 9.17) is 0 Å². The standard InChI is InChI=1S/C12H7BF5/c14-7-2-1-3-12(18,6-7)13-9-4-8(15)5-10(16)11(9)17/h1-5H,6H2. The van der Waals surface area contributed by atoms with Gasteiger partial charge in [-0.1, -0.05) is 12.2 Å². The maximum atomic E-state index is 14.1. The third kappa shape index (κ3) is 2.63. The van der Waals surface area contributed by atoms with E-state index in [0.717, 1.165) is 18.2 Å². The van der Waals surface area contributed by atoms with E-state index in [9.17, 15) is 22.0 Å². The lowest BCUT2D eigenvalue weighted by Gasteiger charge is -2.22. The third-order valence-corrected chi connectivity index (χ3v) is 2.51. The van der Waals surface area contributed by atoms with E-state index in [1.165, 1.54) is 0 Å². The number of halogens is 5. The molecule has 0 spiro atoms. The minimum Gasteiger partial charge on any atom is -0.249 e. The van der Waals surface area contributed by atoms with Crippen LogP contribution < -0.4 is 5.46 Å². The van der Waals surface area contributed by atoms with Crippen molar-refractivity contribution in [3.63, 3.8) is 0 Å². The molecular formula is C12H7BF5. The second-order valence-corrected chi connectivity index (χ2v) is 4.01. The highest BCUT2D eigenvalue weighted by atomic mass is 19.2. The first-order valence-corrected chi connectivity index (χ1v) is 5.13. The van der Waals surface area contributed by atoms with Gasteiger partial charge in [0.1, 0.15) is 17.2 Å². The van der Waals surface area contributed by atoms with Gasteiger partial charge in [-0.3, -0.25) is 0 Å². The first kappa shape index (κ1) is 12.9. The van der Waals surface area contributed by atoms with Gasteiger partial charge in [0.25, 0.3) is 0 Å². The highest BCUT2D eigenvalue weighted by molar-refractivity contribution is 6.57. The number of alkyl halides is 1. The maximum absolute atomic E-state index is 14.1. The highest BCUT2D eigenvalue weighted by Gasteiger charge is 2.33. The summed E-state index contributed by atoms with van der Waals surface area (Å²) in [6, 6.07) is 1.01. The Hall–Kier alpha value is -1.59. The van der Waals surface area contributed by atoms with Crippen LogP contribution >= 0.6 is 0 Å². The van der Waals surface area contributed by atoms with Crippen LogP contribution in [-0.2, 0) is 0 Å². The van der Waals surface area contributed by atoms with Crippen LogP contribution in [-0.4, -0.2) is 12.8 Å². The highest BCUT2D eigenvalue weighted by Crippen LogP contribution is 2.27.